The predicted octanol–water partition coefficient (Wildman–Crippen LogP) is 1.88. The lowest BCUT2D eigenvalue weighted by atomic mass is 10.1. The largest absolute Gasteiger partial charge is 0.469 e. The Morgan fingerprint density at radius 1 is 1.27 bits per heavy atom. The Kier molecular flexibility index (Phi) is 6.23. The highest BCUT2D eigenvalue weighted by atomic mass is 19.4. The fourth-order valence-electron chi connectivity index (χ4n) is 2.78. The molecule has 0 radical (unpaired) electrons. The molecule has 0 spiro atoms. The molecule has 0 bridgehead atoms. The van der Waals surface area contributed by atoms with Crippen molar-refractivity contribution in [2.24, 2.45) is 0 Å². The molecule has 1 fully saturated rings. The van der Waals surface area contributed by atoms with Crippen LogP contribution >= 0.6 is 0 Å². The van der Waals surface area contributed by atoms with Crippen molar-refractivity contribution in [3.05, 3.63) is 35.4 Å². The lowest BCUT2D eigenvalue weighted by Gasteiger charge is -2.20. The lowest BCUT2D eigenvalue weighted by Crippen LogP contribution is -2.37. The summed E-state index contributed by atoms with van der Waals surface area (Å²) in [5, 5.41) is 2.62. The molecule has 0 aromatic heterocycles. The zero-order valence-corrected chi connectivity index (χ0v) is 14.1. The van der Waals surface area contributed by atoms with Gasteiger partial charge in [0.15, 0.2) is 0 Å². The number of carbonyl (C=O) groups is 3. The third-order valence-electron chi connectivity index (χ3n) is 4.05. The van der Waals surface area contributed by atoms with Crippen LogP contribution in [0.15, 0.2) is 24.3 Å². The number of likely N-dealkylation sites (tertiary alicyclic amines) is 1. The maximum absolute atomic E-state index is 13.0. The van der Waals surface area contributed by atoms with Crippen molar-refractivity contribution in [1.29, 1.82) is 0 Å². The number of carbonyl (C=O) groups excluding carboxylic acids is 3. The SMILES string of the molecule is COC(=O)CCC(=O)N[C@H]1CC(=O)N(Cc2ccccc2C(F)(F)F)C1. The molecule has 2 amide bonds. The molecule has 0 saturated carbocycles. The zero-order chi connectivity index (χ0) is 19.3. The van der Waals surface area contributed by atoms with Crippen molar-refractivity contribution in [2.75, 3.05) is 13.7 Å². The molecule has 26 heavy (non-hydrogen) atoms. The number of halogens is 3. The summed E-state index contributed by atoms with van der Waals surface area (Å²) in [5.41, 5.74) is -0.774. The number of rotatable bonds is 6. The number of hydrogen-bond donors (Lipinski definition) is 1. The van der Waals surface area contributed by atoms with Crippen LogP contribution in [0.4, 0.5) is 13.2 Å². The zero-order valence-electron chi connectivity index (χ0n) is 14.1. The first-order valence-electron chi connectivity index (χ1n) is 7.99. The van der Waals surface area contributed by atoms with E-state index in [-0.39, 0.29) is 43.8 Å². The van der Waals surface area contributed by atoms with E-state index in [1.807, 2.05) is 0 Å². The van der Waals surface area contributed by atoms with Gasteiger partial charge in [-0.1, -0.05) is 18.2 Å². The van der Waals surface area contributed by atoms with Gasteiger partial charge in [0.05, 0.1) is 25.1 Å². The van der Waals surface area contributed by atoms with Crippen molar-refractivity contribution in [3.8, 4) is 0 Å². The van der Waals surface area contributed by atoms with Crippen LogP contribution in [0.5, 0.6) is 0 Å². The molecule has 1 aromatic rings. The molecule has 142 valence electrons. The molecular formula is C17H19F3N2O4. The molecule has 9 heteroatoms. The second-order valence-electron chi connectivity index (χ2n) is 5.97. The third kappa shape index (κ3) is 5.21. The van der Waals surface area contributed by atoms with Crippen molar-refractivity contribution >= 4 is 17.8 Å². The van der Waals surface area contributed by atoms with E-state index in [0.717, 1.165) is 6.07 Å². The van der Waals surface area contributed by atoms with Gasteiger partial charge < -0.3 is 15.0 Å². The van der Waals surface area contributed by atoms with Crippen LogP contribution in [-0.4, -0.2) is 42.4 Å². The van der Waals surface area contributed by atoms with E-state index in [1.165, 1.54) is 30.2 Å². The summed E-state index contributed by atoms with van der Waals surface area (Å²) in [5.74, 6) is -1.26. The van der Waals surface area contributed by atoms with Crippen LogP contribution in [0, 0.1) is 0 Å². The first-order valence-corrected chi connectivity index (χ1v) is 7.99. The first kappa shape index (κ1) is 19.7. The number of esters is 1. The van der Waals surface area contributed by atoms with Crippen molar-refractivity contribution in [1.82, 2.24) is 10.2 Å². The van der Waals surface area contributed by atoms with Crippen LogP contribution in [0.1, 0.15) is 30.4 Å². The summed E-state index contributed by atoms with van der Waals surface area (Å²) in [7, 11) is 1.21. The normalized spacial score (nSPS) is 17.3. The molecular weight excluding hydrogens is 353 g/mol. The van der Waals surface area contributed by atoms with Crippen molar-refractivity contribution in [2.45, 2.75) is 38.0 Å². The number of amides is 2. The molecule has 1 atom stereocenters. The number of nitrogens with zero attached hydrogens (tertiary/aromatic N) is 1. The summed E-state index contributed by atoms with van der Waals surface area (Å²) in [4.78, 5) is 36.1. The highest BCUT2D eigenvalue weighted by Gasteiger charge is 2.35. The Bertz CT molecular complexity index is 691. The summed E-state index contributed by atoms with van der Waals surface area (Å²) in [6.45, 7) is -0.0575. The molecule has 1 aromatic carbocycles. The molecule has 1 N–H and O–H groups in total. The number of hydrogen-bond acceptors (Lipinski definition) is 4. The van der Waals surface area contributed by atoms with Gasteiger partial charge in [-0.3, -0.25) is 14.4 Å². The number of methoxy groups -OCH3 is 1. The smallest absolute Gasteiger partial charge is 0.416 e. The van der Waals surface area contributed by atoms with Gasteiger partial charge in [0.25, 0.3) is 0 Å². The van der Waals surface area contributed by atoms with E-state index in [0.29, 0.717) is 0 Å². The second-order valence-corrected chi connectivity index (χ2v) is 5.97. The van der Waals surface area contributed by atoms with Gasteiger partial charge in [-0.05, 0) is 11.6 Å². The maximum Gasteiger partial charge on any atom is 0.416 e. The molecule has 1 aliphatic rings. The highest BCUT2D eigenvalue weighted by molar-refractivity contribution is 5.84. The fourth-order valence-corrected chi connectivity index (χ4v) is 2.78. The molecule has 1 aliphatic heterocycles. The van der Waals surface area contributed by atoms with Gasteiger partial charge in [0, 0.05) is 25.9 Å². The molecule has 1 heterocycles. The molecule has 2 rings (SSSR count). The van der Waals surface area contributed by atoms with E-state index in [2.05, 4.69) is 10.1 Å². The summed E-state index contributed by atoms with van der Waals surface area (Å²) < 4.78 is 43.6. The van der Waals surface area contributed by atoms with Crippen LogP contribution in [-0.2, 0) is 31.8 Å². The molecule has 0 aliphatic carbocycles. The van der Waals surface area contributed by atoms with E-state index < -0.39 is 29.7 Å². The first-order chi connectivity index (χ1) is 12.2. The summed E-state index contributed by atoms with van der Waals surface area (Å²) >= 11 is 0. The summed E-state index contributed by atoms with van der Waals surface area (Å²) in [6, 6.07) is 4.59. The standard InChI is InChI=1S/C17H19F3N2O4/c1-26-16(25)7-6-14(23)21-12-8-15(24)22(10-12)9-11-4-2-3-5-13(11)17(18,19)20/h2-5,12H,6-10H2,1H3,(H,21,23)/t12-/m0/s1. The van der Waals surface area contributed by atoms with Crippen LogP contribution in [0.3, 0.4) is 0 Å². The molecule has 1 saturated heterocycles. The monoisotopic (exact) mass is 372 g/mol. The van der Waals surface area contributed by atoms with E-state index in [9.17, 15) is 27.6 Å². The van der Waals surface area contributed by atoms with Gasteiger partial charge in [0.2, 0.25) is 11.8 Å². The Balaban J connectivity index is 1.95. The van der Waals surface area contributed by atoms with E-state index >= 15 is 0 Å². The minimum Gasteiger partial charge on any atom is -0.469 e. The van der Waals surface area contributed by atoms with Crippen LogP contribution < -0.4 is 5.32 Å². The minimum absolute atomic E-state index is 0.00557. The topological polar surface area (TPSA) is 75.7 Å². The summed E-state index contributed by atoms with van der Waals surface area (Å²) in [6.07, 6.45) is -4.64. The van der Waals surface area contributed by atoms with Crippen LogP contribution in [0.2, 0.25) is 0 Å². The Morgan fingerprint density at radius 2 is 1.96 bits per heavy atom. The molecule has 0 unspecified atom stereocenters. The minimum atomic E-state index is -4.50. The number of ether oxygens (including phenoxy) is 1. The Hall–Kier alpha value is -2.58. The second kappa shape index (κ2) is 8.20. The maximum atomic E-state index is 13.0. The van der Waals surface area contributed by atoms with Crippen molar-refractivity contribution < 1.29 is 32.3 Å². The van der Waals surface area contributed by atoms with Crippen molar-refractivity contribution in [3.63, 3.8) is 0 Å². The Labute approximate surface area is 148 Å². The predicted molar refractivity (Wildman–Crippen MR) is 84.7 cm³/mol. The number of benzene rings is 1. The van der Waals surface area contributed by atoms with E-state index in [1.54, 1.807) is 0 Å². The number of alkyl halides is 3. The number of nitrogens with one attached hydrogen (secondary N) is 1. The van der Waals surface area contributed by atoms with Crippen LogP contribution in [0.25, 0.3) is 0 Å². The van der Waals surface area contributed by atoms with Gasteiger partial charge in [-0.25, -0.2) is 0 Å². The van der Waals surface area contributed by atoms with Gasteiger partial charge in [-0.2, -0.15) is 13.2 Å². The quantitative estimate of drug-likeness (QED) is 0.774. The fraction of sp³-hybridized carbons (Fsp3) is 0.471. The molecule has 6 nitrogen and oxygen atoms in total. The lowest BCUT2D eigenvalue weighted by molar-refractivity contribution is -0.142. The third-order valence-corrected chi connectivity index (χ3v) is 4.05. The van der Waals surface area contributed by atoms with Gasteiger partial charge >= 0.3 is 12.1 Å². The average molecular weight is 372 g/mol. The van der Waals surface area contributed by atoms with Gasteiger partial charge in [-0.15, -0.1) is 0 Å². The van der Waals surface area contributed by atoms with E-state index in [4.69, 9.17) is 0 Å². The Morgan fingerprint density at radius 3 is 2.62 bits per heavy atom. The highest BCUT2D eigenvalue weighted by Crippen LogP contribution is 2.32. The average Bonchev–Trinajstić information content (AvgIpc) is 2.91. The van der Waals surface area contributed by atoms with Gasteiger partial charge in [0.1, 0.15) is 0 Å².